The van der Waals surface area contributed by atoms with Crippen molar-refractivity contribution in [3.05, 3.63) is 91.3 Å². The number of aromatic nitrogens is 2. The van der Waals surface area contributed by atoms with Gasteiger partial charge in [0, 0.05) is 55.3 Å². The van der Waals surface area contributed by atoms with E-state index in [1.54, 1.807) is 55.8 Å². The van der Waals surface area contributed by atoms with Crippen molar-refractivity contribution in [3.63, 3.8) is 0 Å². The Labute approximate surface area is 297 Å². The first-order chi connectivity index (χ1) is 24.1. The topological polar surface area (TPSA) is 138 Å². The highest BCUT2D eigenvalue weighted by Crippen LogP contribution is 2.30. The second-order valence-corrected chi connectivity index (χ2v) is 11.7. The minimum atomic E-state index is -0.354. The van der Waals surface area contributed by atoms with E-state index in [0.717, 1.165) is 43.0 Å². The number of rotatable bonds is 11. The third-order valence-electron chi connectivity index (χ3n) is 6.65. The highest BCUT2D eigenvalue weighted by atomic mass is 19.1. The number of methoxy groups -OCH3 is 1. The van der Waals surface area contributed by atoms with E-state index < -0.39 is 0 Å². The van der Waals surface area contributed by atoms with Gasteiger partial charge in [-0.1, -0.05) is 63.8 Å². The van der Waals surface area contributed by atoms with Gasteiger partial charge in [-0.15, -0.1) is 13.2 Å². The fourth-order valence-corrected chi connectivity index (χ4v) is 4.60. The smallest absolute Gasteiger partial charge is 0.242 e. The highest BCUT2D eigenvalue weighted by molar-refractivity contribution is 5.86. The van der Waals surface area contributed by atoms with Crippen LogP contribution in [-0.4, -0.2) is 72.9 Å². The van der Waals surface area contributed by atoms with Crippen molar-refractivity contribution < 1.29 is 18.7 Å². The lowest BCUT2D eigenvalue weighted by Crippen LogP contribution is -2.38. The Morgan fingerprint density at radius 3 is 2.54 bits per heavy atom. The Morgan fingerprint density at radius 2 is 1.92 bits per heavy atom. The molecule has 0 saturated carbocycles. The minimum Gasteiger partial charge on any atom is -0.388 e. The molecule has 0 radical (unpaired) electrons. The molecule has 0 spiro atoms. The van der Waals surface area contributed by atoms with Crippen LogP contribution in [0.25, 0.3) is 22.4 Å². The maximum atomic E-state index is 14.9. The first kappa shape index (κ1) is 43.0. The third kappa shape index (κ3) is 15.4. The molecule has 50 heavy (non-hydrogen) atoms. The van der Waals surface area contributed by atoms with Gasteiger partial charge in [-0.05, 0) is 49.9 Å². The Hall–Kier alpha value is -5.05. The van der Waals surface area contributed by atoms with E-state index in [-0.39, 0.29) is 30.9 Å². The SMILES string of the molecule is C=C.CC(C)C.CCCN(Cc1ncc(-c2ccc(C#C/C=C/N=C(N)C3CCCN3)c(-c3ccccc3F)c2)[nH]1)C(=O)CNC=O.COC. The van der Waals surface area contributed by atoms with E-state index in [9.17, 15) is 14.0 Å². The molecule has 10 nitrogen and oxygen atoms in total. The van der Waals surface area contributed by atoms with Crippen LogP contribution < -0.4 is 16.4 Å². The van der Waals surface area contributed by atoms with Crippen molar-refractivity contribution in [2.24, 2.45) is 16.6 Å². The normalized spacial score (nSPS) is 13.4. The number of benzene rings is 2. The minimum absolute atomic E-state index is 0.0712. The second-order valence-electron chi connectivity index (χ2n) is 11.7. The van der Waals surface area contributed by atoms with E-state index in [1.807, 2.05) is 25.1 Å². The molecule has 11 heteroatoms. The summed E-state index contributed by atoms with van der Waals surface area (Å²) < 4.78 is 19.1. The lowest BCUT2D eigenvalue weighted by Gasteiger charge is -2.20. The summed E-state index contributed by atoms with van der Waals surface area (Å²) in [4.78, 5) is 36.7. The number of allylic oxidation sites excluding steroid dienone is 1. The molecule has 5 N–H and O–H groups in total. The molecule has 4 rings (SSSR count). The van der Waals surface area contributed by atoms with E-state index in [2.05, 4.69) is 76.1 Å². The van der Waals surface area contributed by atoms with Gasteiger partial charge in [0.05, 0.1) is 31.0 Å². The van der Waals surface area contributed by atoms with Gasteiger partial charge < -0.3 is 31.0 Å². The standard InChI is InChI=1S/C31H34FN7O2.C4H10.C2H6O.C2H4/c1-2-16-39(30(41)19-34-21-40)20-29-37-18-28(38-29)23-13-12-22(25(17-23)24-9-3-4-10-26(24)32)8-5-6-14-36-31(33)27-11-7-15-35-27;1-4(2)3;1-3-2;1-2/h3-4,6,9-10,12-14,17-18,21,27,35H,2,7,11,15-16,19-20H2,1H3,(H2,33,36)(H,34,40)(H,37,38);4H,1-3H3;1-2H3;1-2H2/b14-6+;;;. The van der Waals surface area contributed by atoms with E-state index in [0.29, 0.717) is 41.3 Å². The molecule has 1 atom stereocenters. The van der Waals surface area contributed by atoms with Gasteiger partial charge >= 0.3 is 0 Å². The number of carbonyl (C=O) groups excluding carboxylic acids is 2. The summed E-state index contributed by atoms with van der Waals surface area (Å²) in [5, 5.41) is 5.71. The molecule has 1 saturated heterocycles. The van der Waals surface area contributed by atoms with E-state index in [1.165, 1.54) is 6.07 Å². The summed E-state index contributed by atoms with van der Waals surface area (Å²) in [7, 11) is 3.25. The zero-order valence-electron chi connectivity index (χ0n) is 30.4. The number of carbonyl (C=O) groups is 2. The van der Waals surface area contributed by atoms with Gasteiger partial charge in [0.25, 0.3) is 0 Å². The van der Waals surface area contributed by atoms with Crippen molar-refractivity contribution in [3.8, 4) is 34.2 Å². The van der Waals surface area contributed by atoms with Crippen molar-refractivity contribution in [1.29, 1.82) is 0 Å². The monoisotopic (exact) mass is 687 g/mol. The molecule has 1 aliphatic rings. The average Bonchev–Trinajstić information content (AvgIpc) is 3.82. The first-order valence-electron chi connectivity index (χ1n) is 16.7. The van der Waals surface area contributed by atoms with Crippen molar-refractivity contribution in [2.75, 3.05) is 33.9 Å². The van der Waals surface area contributed by atoms with E-state index in [4.69, 9.17) is 5.73 Å². The lowest BCUT2D eigenvalue weighted by atomic mass is 9.96. The number of aliphatic imine (C=N–C) groups is 1. The molecule has 3 aromatic rings. The van der Waals surface area contributed by atoms with Crippen molar-refractivity contribution in [2.45, 2.75) is 59.5 Å². The number of amidine groups is 1. The predicted molar refractivity (Wildman–Crippen MR) is 203 cm³/mol. The van der Waals surface area contributed by atoms with Crippen LogP contribution in [0, 0.1) is 23.6 Å². The Balaban J connectivity index is 0.00000125. The molecule has 2 heterocycles. The van der Waals surface area contributed by atoms with Gasteiger partial charge in [0.1, 0.15) is 17.5 Å². The molecule has 1 fully saturated rings. The quantitative estimate of drug-likeness (QED) is 0.0635. The van der Waals surface area contributed by atoms with Gasteiger partial charge in [-0.25, -0.2) is 14.4 Å². The predicted octanol–water partition coefficient (Wildman–Crippen LogP) is 6.07. The molecule has 1 aromatic heterocycles. The number of nitrogens with one attached hydrogen (secondary N) is 3. The molecule has 1 aliphatic heterocycles. The maximum absolute atomic E-state index is 14.9. The van der Waals surface area contributed by atoms with Crippen LogP contribution in [-0.2, 0) is 20.9 Å². The Kier molecular flexibility index (Phi) is 21.5. The van der Waals surface area contributed by atoms with Gasteiger partial charge in [-0.2, -0.15) is 0 Å². The van der Waals surface area contributed by atoms with Gasteiger partial charge in [0.2, 0.25) is 12.3 Å². The summed E-state index contributed by atoms with van der Waals surface area (Å²) in [6.45, 7) is 16.1. The average molecular weight is 688 g/mol. The lowest BCUT2D eigenvalue weighted by molar-refractivity contribution is -0.132. The van der Waals surface area contributed by atoms with Crippen LogP contribution in [0.2, 0.25) is 0 Å². The van der Waals surface area contributed by atoms with Crippen LogP contribution in [0.15, 0.2) is 79.1 Å². The second kappa shape index (κ2) is 25.0. The number of ether oxygens (including phenoxy) is 1. The van der Waals surface area contributed by atoms with Crippen LogP contribution in [0.3, 0.4) is 0 Å². The molecular weight excluding hydrogens is 633 g/mol. The fourth-order valence-electron chi connectivity index (χ4n) is 4.60. The zero-order valence-corrected chi connectivity index (χ0v) is 30.4. The van der Waals surface area contributed by atoms with Gasteiger partial charge in [0.15, 0.2) is 0 Å². The largest absolute Gasteiger partial charge is 0.388 e. The number of hydrogen-bond donors (Lipinski definition) is 4. The molecule has 0 aliphatic carbocycles. The Bertz CT molecular complexity index is 1560. The summed E-state index contributed by atoms with van der Waals surface area (Å²) in [6.07, 6.45) is 8.20. The zero-order chi connectivity index (χ0) is 37.3. The molecule has 270 valence electrons. The third-order valence-corrected chi connectivity index (χ3v) is 6.65. The number of nitrogens with zero attached hydrogens (tertiary/aromatic N) is 3. The maximum Gasteiger partial charge on any atom is 0.242 e. The number of aromatic amines is 1. The van der Waals surface area contributed by atoms with Crippen molar-refractivity contribution in [1.82, 2.24) is 25.5 Å². The summed E-state index contributed by atoms with van der Waals surface area (Å²) in [6, 6.07) is 12.3. The summed E-state index contributed by atoms with van der Waals surface area (Å²) >= 11 is 0. The summed E-state index contributed by atoms with van der Waals surface area (Å²) in [5.74, 6) is 7.51. The van der Waals surface area contributed by atoms with Crippen LogP contribution in [0.5, 0.6) is 0 Å². The molecule has 1 unspecified atom stereocenters. The number of H-pyrrole nitrogens is 1. The molecule has 2 aromatic carbocycles. The van der Waals surface area contributed by atoms with E-state index >= 15 is 0 Å². The first-order valence-corrected chi connectivity index (χ1v) is 16.7. The van der Waals surface area contributed by atoms with Gasteiger partial charge in [-0.3, -0.25) is 9.59 Å². The molecule has 0 bridgehead atoms. The number of amides is 2. The number of halogens is 1. The summed E-state index contributed by atoms with van der Waals surface area (Å²) in [5.41, 5.74) is 9.27. The fraction of sp³-hybridized carbons (Fsp3) is 0.385. The Morgan fingerprint density at radius 1 is 1.22 bits per heavy atom. The van der Waals surface area contributed by atoms with Crippen LogP contribution in [0.4, 0.5) is 4.39 Å². The van der Waals surface area contributed by atoms with Crippen LogP contribution >= 0.6 is 0 Å². The number of imidazole rings is 1. The number of hydrogen-bond acceptors (Lipinski definition) is 6. The molecular formula is C39H54FN7O3. The number of nitrogens with two attached hydrogens (primary N) is 1. The van der Waals surface area contributed by atoms with Crippen molar-refractivity contribution >= 4 is 18.2 Å². The molecule has 2 amide bonds. The highest BCUT2D eigenvalue weighted by Gasteiger charge is 2.17. The van der Waals surface area contributed by atoms with Crippen LogP contribution in [0.1, 0.15) is 58.3 Å².